The minimum atomic E-state index is -4.88. The molecule has 0 radical (unpaired) electrons. The van der Waals surface area contributed by atoms with Crippen LogP contribution in [-0.4, -0.2) is 60.9 Å². The van der Waals surface area contributed by atoms with Crippen molar-refractivity contribution in [3.63, 3.8) is 0 Å². The summed E-state index contributed by atoms with van der Waals surface area (Å²) < 4.78 is 81.1. The Morgan fingerprint density at radius 1 is 1.26 bits per heavy atom. The molecule has 3 heterocycles. The summed E-state index contributed by atoms with van der Waals surface area (Å²) in [5.74, 6) is -6.90. The molecule has 13 heteroatoms. The highest BCUT2D eigenvalue weighted by molar-refractivity contribution is 5.98. The van der Waals surface area contributed by atoms with E-state index >= 15 is 0 Å². The van der Waals surface area contributed by atoms with E-state index in [-0.39, 0.29) is 35.6 Å². The molecule has 2 amide bonds. The highest BCUT2D eigenvalue weighted by Gasteiger charge is 2.66. The maximum Gasteiger partial charge on any atom is 0.417 e. The second-order valence-corrected chi connectivity index (χ2v) is 9.62. The predicted octanol–water partition coefficient (Wildman–Crippen LogP) is 3.77. The van der Waals surface area contributed by atoms with E-state index in [2.05, 4.69) is 15.6 Å². The maximum absolute atomic E-state index is 14.5. The van der Waals surface area contributed by atoms with Crippen molar-refractivity contribution in [1.29, 1.82) is 0 Å². The zero-order chi connectivity index (χ0) is 28.0. The van der Waals surface area contributed by atoms with Crippen LogP contribution in [0.25, 0.3) is 0 Å². The summed E-state index contributed by atoms with van der Waals surface area (Å²) >= 11 is 0. The van der Waals surface area contributed by atoms with E-state index in [0.717, 1.165) is 26.2 Å². The Balaban J connectivity index is 1.69. The first-order valence-electron chi connectivity index (χ1n) is 11.9. The number of halogens is 5. The van der Waals surface area contributed by atoms with Gasteiger partial charge in [0, 0.05) is 47.9 Å². The largest absolute Gasteiger partial charge is 0.493 e. The number of rotatable bonds is 5. The molecule has 1 aromatic carbocycles. The number of nitrogens with zero attached hydrogens (tertiary/aromatic N) is 2. The van der Waals surface area contributed by atoms with Crippen molar-refractivity contribution < 1.29 is 41.0 Å². The topological polar surface area (TPSA) is 92.8 Å². The average molecular weight is 543 g/mol. The summed E-state index contributed by atoms with van der Waals surface area (Å²) in [6.07, 6.45) is -5.28. The molecule has 0 spiro atoms. The highest BCUT2D eigenvalue weighted by Crippen LogP contribution is 2.55. The van der Waals surface area contributed by atoms with Crippen molar-refractivity contribution in [1.82, 2.24) is 10.3 Å². The minimum absolute atomic E-state index is 0.00647. The Labute approximate surface area is 215 Å². The van der Waals surface area contributed by atoms with Crippen molar-refractivity contribution >= 4 is 23.3 Å². The molecule has 8 nitrogen and oxygen atoms in total. The van der Waals surface area contributed by atoms with Crippen LogP contribution in [0.15, 0.2) is 30.5 Å². The lowest BCUT2D eigenvalue weighted by Gasteiger charge is -2.32. The highest BCUT2D eigenvalue weighted by atomic mass is 19.4. The van der Waals surface area contributed by atoms with E-state index in [1.807, 2.05) is 6.92 Å². The molecule has 4 rings (SSSR count). The zero-order valence-corrected chi connectivity index (χ0v) is 21.0. The number of ether oxygens (including phenoxy) is 2. The number of anilines is 2. The molecule has 2 N–H and O–H groups in total. The molecule has 2 aliphatic heterocycles. The summed E-state index contributed by atoms with van der Waals surface area (Å²) in [7, 11) is 1.05. The number of benzene rings is 1. The number of methoxy groups -OCH3 is 1. The van der Waals surface area contributed by atoms with Gasteiger partial charge in [-0.2, -0.15) is 17.6 Å². The standard InChI is InChI=1S/C25H27F5N4O4/c1-12-11-34(18(35)10-32-12)17-9-14(7-8-31-17)33-23(36)22-19(13(2)24(3,38-22)25(28,29)30)15-5-6-16(26)20(27)21(15)37-4/h5-9,12-13,19,22,32H,10-11H2,1-4H3,(H,31,33,36)/t12-,13+,19+,22-,24-/m1/s1. The van der Waals surface area contributed by atoms with Crippen LogP contribution in [-0.2, 0) is 14.3 Å². The molecule has 5 atom stereocenters. The van der Waals surface area contributed by atoms with Gasteiger partial charge in [-0.3, -0.25) is 14.5 Å². The average Bonchev–Trinajstić information content (AvgIpc) is 3.14. The summed E-state index contributed by atoms with van der Waals surface area (Å²) in [5.41, 5.74) is -2.75. The van der Waals surface area contributed by atoms with E-state index in [9.17, 15) is 31.5 Å². The molecule has 0 saturated carbocycles. The first kappa shape index (κ1) is 27.7. The van der Waals surface area contributed by atoms with Gasteiger partial charge < -0.3 is 20.1 Å². The summed E-state index contributed by atoms with van der Waals surface area (Å²) in [6.45, 7) is 4.35. The number of alkyl halides is 3. The molecule has 2 fully saturated rings. The van der Waals surface area contributed by atoms with Gasteiger partial charge in [-0.1, -0.05) is 13.0 Å². The van der Waals surface area contributed by atoms with E-state index in [4.69, 9.17) is 9.47 Å². The monoisotopic (exact) mass is 542 g/mol. The van der Waals surface area contributed by atoms with Crippen LogP contribution in [0.2, 0.25) is 0 Å². The van der Waals surface area contributed by atoms with Crippen molar-refractivity contribution in [2.75, 3.05) is 30.4 Å². The Morgan fingerprint density at radius 3 is 2.63 bits per heavy atom. The van der Waals surface area contributed by atoms with Gasteiger partial charge in [-0.25, -0.2) is 9.37 Å². The number of carbonyl (C=O) groups is 2. The zero-order valence-electron chi connectivity index (χ0n) is 21.0. The minimum Gasteiger partial charge on any atom is -0.493 e. The van der Waals surface area contributed by atoms with Gasteiger partial charge in [0.2, 0.25) is 11.7 Å². The van der Waals surface area contributed by atoms with Crippen molar-refractivity contribution in [2.45, 2.75) is 50.6 Å². The van der Waals surface area contributed by atoms with Crippen LogP contribution in [0, 0.1) is 17.6 Å². The molecule has 0 bridgehead atoms. The quantitative estimate of drug-likeness (QED) is 0.559. The van der Waals surface area contributed by atoms with Gasteiger partial charge in [0.1, 0.15) is 11.9 Å². The van der Waals surface area contributed by atoms with Crippen molar-refractivity contribution in [3.8, 4) is 5.75 Å². The summed E-state index contributed by atoms with van der Waals surface area (Å²) in [6, 6.07) is 4.67. The lowest BCUT2D eigenvalue weighted by molar-refractivity contribution is -0.272. The molecule has 206 valence electrons. The second kappa shape index (κ2) is 10.1. The summed E-state index contributed by atoms with van der Waals surface area (Å²) in [4.78, 5) is 31.3. The number of carbonyl (C=O) groups excluding carboxylic acids is 2. The fourth-order valence-electron chi connectivity index (χ4n) is 4.92. The van der Waals surface area contributed by atoms with Crippen LogP contribution >= 0.6 is 0 Å². The van der Waals surface area contributed by atoms with Gasteiger partial charge >= 0.3 is 6.18 Å². The molecule has 2 aromatic rings. The Morgan fingerprint density at radius 2 is 1.97 bits per heavy atom. The molecule has 1 aromatic heterocycles. The van der Waals surface area contributed by atoms with E-state index < -0.39 is 53.0 Å². The van der Waals surface area contributed by atoms with Crippen LogP contribution < -0.4 is 20.3 Å². The van der Waals surface area contributed by atoms with Crippen molar-refractivity contribution in [3.05, 3.63) is 47.7 Å². The van der Waals surface area contributed by atoms with E-state index in [1.54, 1.807) is 0 Å². The fourth-order valence-corrected chi connectivity index (χ4v) is 4.92. The van der Waals surface area contributed by atoms with Gasteiger partial charge in [0.15, 0.2) is 17.2 Å². The van der Waals surface area contributed by atoms with Gasteiger partial charge in [0.05, 0.1) is 13.7 Å². The third-order valence-corrected chi connectivity index (χ3v) is 7.22. The van der Waals surface area contributed by atoms with Crippen LogP contribution in [0.4, 0.5) is 33.5 Å². The summed E-state index contributed by atoms with van der Waals surface area (Å²) in [5, 5.41) is 5.55. The van der Waals surface area contributed by atoms with E-state index in [0.29, 0.717) is 6.54 Å². The molecule has 2 aliphatic rings. The van der Waals surface area contributed by atoms with Gasteiger partial charge in [-0.15, -0.1) is 0 Å². The number of piperazine rings is 1. The van der Waals surface area contributed by atoms with Crippen LogP contribution in [0.5, 0.6) is 5.75 Å². The molecular weight excluding hydrogens is 515 g/mol. The van der Waals surface area contributed by atoms with E-state index in [1.165, 1.54) is 30.2 Å². The van der Waals surface area contributed by atoms with Gasteiger partial charge in [0.25, 0.3) is 5.91 Å². The Hall–Kier alpha value is -3.32. The Bertz CT molecular complexity index is 1240. The number of hydrogen-bond donors (Lipinski definition) is 2. The number of aromatic nitrogens is 1. The lowest BCUT2D eigenvalue weighted by atomic mass is 9.77. The van der Waals surface area contributed by atoms with Crippen LogP contribution in [0.1, 0.15) is 32.3 Å². The molecule has 0 aliphatic carbocycles. The SMILES string of the molecule is COc1c([C@H]2[C@H](C(=O)Nc3ccnc(N4C[C@@H](C)NCC4=O)c3)O[C@@](C)(C(F)(F)F)[C@H]2C)ccc(F)c1F. The lowest BCUT2D eigenvalue weighted by Crippen LogP contribution is -2.53. The molecule has 2 saturated heterocycles. The number of hydrogen-bond acceptors (Lipinski definition) is 6. The number of pyridine rings is 1. The molecule has 0 unspecified atom stereocenters. The molecular formula is C25H27F5N4O4. The Kier molecular flexibility index (Phi) is 7.36. The third-order valence-electron chi connectivity index (χ3n) is 7.22. The second-order valence-electron chi connectivity index (χ2n) is 9.62. The fraction of sp³-hybridized carbons (Fsp3) is 0.480. The number of nitrogens with one attached hydrogen (secondary N) is 2. The first-order chi connectivity index (χ1) is 17.8. The third kappa shape index (κ3) is 4.80. The van der Waals surface area contributed by atoms with Crippen molar-refractivity contribution in [2.24, 2.45) is 5.92 Å². The smallest absolute Gasteiger partial charge is 0.417 e. The predicted molar refractivity (Wildman–Crippen MR) is 127 cm³/mol. The van der Waals surface area contributed by atoms with Crippen LogP contribution in [0.3, 0.4) is 0 Å². The normalized spacial score (nSPS) is 27.9. The number of amides is 2. The molecule has 38 heavy (non-hydrogen) atoms. The van der Waals surface area contributed by atoms with Gasteiger partial charge in [-0.05, 0) is 26.0 Å². The maximum atomic E-state index is 14.5. The first-order valence-corrected chi connectivity index (χ1v) is 11.9.